The number of benzene rings is 2. The summed E-state index contributed by atoms with van der Waals surface area (Å²) in [6.45, 7) is 4.26. The summed E-state index contributed by atoms with van der Waals surface area (Å²) in [4.78, 5) is 22.3. The number of carbonyl (C=O) groups excluding carboxylic acids is 1. The molecular weight excluding hydrogens is 416 g/mol. The number of nitrogens with zero attached hydrogens (tertiary/aromatic N) is 2. The minimum atomic E-state index is -0.110. The summed E-state index contributed by atoms with van der Waals surface area (Å²) >= 11 is 1.64. The van der Waals surface area contributed by atoms with Crippen molar-refractivity contribution in [1.29, 1.82) is 0 Å². The first kappa shape index (κ1) is 23.3. The SMILES string of the molecule is CN=C/C(=C(/C)N)c1cccc(-c2ccnc(CNC(=O)c3ccc(C)c(SC)c3)c2)c1. The minimum Gasteiger partial charge on any atom is -0.402 e. The second-order valence-corrected chi connectivity index (χ2v) is 8.32. The van der Waals surface area contributed by atoms with Crippen LogP contribution in [-0.2, 0) is 6.54 Å². The Morgan fingerprint density at radius 3 is 2.62 bits per heavy atom. The second-order valence-electron chi connectivity index (χ2n) is 7.47. The van der Waals surface area contributed by atoms with Crippen LogP contribution >= 0.6 is 11.8 Å². The van der Waals surface area contributed by atoms with Gasteiger partial charge >= 0.3 is 0 Å². The van der Waals surface area contributed by atoms with E-state index in [2.05, 4.69) is 21.4 Å². The van der Waals surface area contributed by atoms with Gasteiger partial charge in [-0.3, -0.25) is 14.8 Å². The number of amides is 1. The Hall–Kier alpha value is -3.38. The lowest BCUT2D eigenvalue weighted by atomic mass is 9.98. The van der Waals surface area contributed by atoms with Crippen LogP contribution in [0.3, 0.4) is 0 Å². The topological polar surface area (TPSA) is 80.4 Å². The third kappa shape index (κ3) is 5.65. The third-order valence-electron chi connectivity index (χ3n) is 5.11. The standard InChI is InChI=1S/C26H28N4OS/c1-17-8-9-22(14-25(17)32-4)26(31)30-15-23-13-20(10-11-29-23)19-6-5-7-21(12-19)24(16-28-3)18(2)27/h5-14,16H,15,27H2,1-4H3,(H,30,31)/b24-18+,28-16?. The van der Waals surface area contributed by atoms with Crippen LogP contribution in [0.25, 0.3) is 16.7 Å². The lowest BCUT2D eigenvalue weighted by Crippen LogP contribution is -2.23. The lowest BCUT2D eigenvalue weighted by molar-refractivity contribution is 0.0950. The van der Waals surface area contributed by atoms with E-state index in [-0.39, 0.29) is 5.91 Å². The number of nitrogens with one attached hydrogen (secondary N) is 1. The van der Waals surface area contributed by atoms with Crippen molar-refractivity contribution in [2.24, 2.45) is 10.7 Å². The highest BCUT2D eigenvalue weighted by Gasteiger charge is 2.09. The van der Waals surface area contributed by atoms with Gasteiger partial charge in [-0.2, -0.15) is 0 Å². The predicted molar refractivity (Wildman–Crippen MR) is 135 cm³/mol. The quantitative estimate of drug-likeness (QED) is 0.392. The fourth-order valence-corrected chi connectivity index (χ4v) is 4.02. The Bertz CT molecular complexity index is 1180. The van der Waals surface area contributed by atoms with E-state index in [1.54, 1.807) is 31.2 Å². The summed E-state index contributed by atoms with van der Waals surface area (Å²) in [6, 6.07) is 17.9. The molecule has 164 valence electrons. The molecule has 0 spiro atoms. The zero-order valence-electron chi connectivity index (χ0n) is 18.8. The van der Waals surface area contributed by atoms with Gasteiger partial charge in [0.2, 0.25) is 0 Å². The third-order valence-corrected chi connectivity index (χ3v) is 5.99. The fraction of sp³-hybridized carbons (Fsp3) is 0.192. The van der Waals surface area contributed by atoms with Crippen LogP contribution in [0.2, 0.25) is 0 Å². The monoisotopic (exact) mass is 444 g/mol. The Balaban J connectivity index is 1.78. The largest absolute Gasteiger partial charge is 0.402 e. The highest BCUT2D eigenvalue weighted by Crippen LogP contribution is 2.25. The first-order valence-electron chi connectivity index (χ1n) is 10.3. The normalized spacial score (nSPS) is 12.0. The van der Waals surface area contributed by atoms with Crippen molar-refractivity contribution in [2.75, 3.05) is 13.3 Å². The maximum absolute atomic E-state index is 12.6. The van der Waals surface area contributed by atoms with Gasteiger partial charge in [0.25, 0.3) is 5.91 Å². The molecule has 1 heterocycles. The number of aromatic nitrogens is 1. The molecule has 0 aliphatic carbocycles. The molecular formula is C26H28N4OS. The van der Waals surface area contributed by atoms with Gasteiger partial charge in [-0.1, -0.05) is 24.3 Å². The van der Waals surface area contributed by atoms with Crippen molar-refractivity contribution in [3.05, 3.63) is 88.9 Å². The van der Waals surface area contributed by atoms with Crippen molar-refractivity contribution >= 4 is 29.5 Å². The van der Waals surface area contributed by atoms with Crippen LogP contribution in [0.5, 0.6) is 0 Å². The molecule has 0 aliphatic heterocycles. The molecule has 0 bridgehead atoms. The van der Waals surface area contributed by atoms with Crippen LogP contribution < -0.4 is 11.1 Å². The van der Waals surface area contributed by atoms with Crippen LogP contribution in [0.1, 0.15) is 34.1 Å². The van der Waals surface area contributed by atoms with E-state index in [9.17, 15) is 4.79 Å². The van der Waals surface area contributed by atoms with Gasteiger partial charge in [-0.25, -0.2) is 0 Å². The smallest absolute Gasteiger partial charge is 0.251 e. The van der Waals surface area contributed by atoms with Gasteiger partial charge in [0.1, 0.15) is 0 Å². The van der Waals surface area contributed by atoms with Crippen molar-refractivity contribution in [3.63, 3.8) is 0 Å². The van der Waals surface area contributed by atoms with Gasteiger partial charge in [0, 0.05) is 41.2 Å². The number of thioether (sulfide) groups is 1. The number of carbonyl (C=O) groups is 1. The maximum Gasteiger partial charge on any atom is 0.251 e. The number of aliphatic imine (C=N–C) groups is 1. The molecule has 0 fully saturated rings. The molecule has 0 aliphatic rings. The first-order valence-corrected chi connectivity index (χ1v) is 11.5. The average Bonchev–Trinajstić information content (AvgIpc) is 2.81. The molecule has 3 N–H and O–H groups in total. The number of hydrogen-bond acceptors (Lipinski definition) is 5. The van der Waals surface area contributed by atoms with E-state index in [1.165, 1.54) is 5.56 Å². The first-order chi connectivity index (χ1) is 15.4. The lowest BCUT2D eigenvalue weighted by Gasteiger charge is -2.10. The zero-order chi connectivity index (χ0) is 23.1. The van der Waals surface area contributed by atoms with E-state index >= 15 is 0 Å². The van der Waals surface area contributed by atoms with Gasteiger partial charge in [-0.05, 0) is 72.7 Å². The van der Waals surface area contributed by atoms with E-state index in [1.807, 2.05) is 68.6 Å². The molecule has 2 aromatic carbocycles. The molecule has 5 nitrogen and oxygen atoms in total. The summed E-state index contributed by atoms with van der Waals surface area (Å²) in [5, 5.41) is 2.97. The van der Waals surface area contributed by atoms with Crippen molar-refractivity contribution in [2.45, 2.75) is 25.3 Å². The molecule has 0 atom stereocenters. The molecule has 3 rings (SSSR count). The number of nitrogens with two attached hydrogens (primary N) is 1. The van der Waals surface area contributed by atoms with Crippen LogP contribution in [0.15, 0.2) is 76.4 Å². The second kappa shape index (κ2) is 10.8. The molecule has 0 radical (unpaired) electrons. The Morgan fingerprint density at radius 1 is 1.12 bits per heavy atom. The summed E-state index contributed by atoms with van der Waals surface area (Å²) in [5.41, 5.74) is 13.3. The van der Waals surface area contributed by atoms with Gasteiger partial charge in [0.15, 0.2) is 0 Å². The number of aryl methyl sites for hydroxylation is 1. The van der Waals surface area contributed by atoms with Crippen LogP contribution in [0, 0.1) is 6.92 Å². The van der Waals surface area contributed by atoms with E-state index in [0.717, 1.165) is 32.9 Å². The Morgan fingerprint density at radius 2 is 1.91 bits per heavy atom. The van der Waals surface area contributed by atoms with Crippen molar-refractivity contribution in [3.8, 4) is 11.1 Å². The predicted octanol–water partition coefficient (Wildman–Crippen LogP) is 5.10. The number of hydrogen-bond donors (Lipinski definition) is 2. The highest BCUT2D eigenvalue weighted by molar-refractivity contribution is 7.98. The fourth-order valence-electron chi connectivity index (χ4n) is 3.39. The summed E-state index contributed by atoms with van der Waals surface area (Å²) in [7, 11) is 1.73. The molecule has 3 aromatic rings. The molecule has 0 saturated carbocycles. The molecule has 1 amide bonds. The van der Waals surface area contributed by atoms with Gasteiger partial charge in [-0.15, -0.1) is 11.8 Å². The highest BCUT2D eigenvalue weighted by atomic mass is 32.2. The zero-order valence-corrected chi connectivity index (χ0v) is 19.7. The molecule has 32 heavy (non-hydrogen) atoms. The van der Waals surface area contributed by atoms with Crippen LogP contribution in [-0.4, -0.2) is 30.4 Å². The molecule has 6 heteroatoms. The van der Waals surface area contributed by atoms with Crippen LogP contribution in [0.4, 0.5) is 0 Å². The maximum atomic E-state index is 12.6. The van der Waals surface area contributed by atoms with E-state index in [0.29, 0.717) is 17.8 Å². The summed E-state index contributed by atoms with van der Waals surface area (Å²) < 4.78 is 0. The number of rotatable bonds is 7. The number of pyridine rings is 1. The molecule has 0 unspecified atom stereocenters. The molecule has 0 saturated heterocycles. The van der Waals surface area contributed by atoms with E-state index < -0.39 is 0 Å². The summed E-state index contributed by atoms with van der Waals surface area (Å²) in [5.74, 6) is -0.110. The average molecular weight is 445 g/mol. The Kier molecular flexibility index (Phi) is 7.84. The Labute approximate surface area is 193 Å². The minimum absolute atomic E-state index is 0.110. The van der Waals surface area contributed by atoms with Crippen molar-refractivity contribution < 1.29 is 4.79 Å². The van der Waals surface area contributed by atoms with E-state index in [4.69, 9.17) is 5.73 Å². The molecule has 1 aromatic heterocycles. The summed E-state index contributed by atoms with van der Waals surface area (Å²) in [6.07, 6.45) is 5.55. The number of allylic oxidation sites excluding steroid dienone is 2. The van der Waals surface area contributed by atoms with Gasteiger partial charge in [0.05, 0.1) is 12.2 Å². The van der Waals surface area contributed by atoms with Gasteiger partial charge < -0.3 is 11.1 Å². The van der Waals surface area contributed by atoms with Crippen molar-refractivity contribution in [1.82, 2.24) is 10.3 Å².